The van der Waals surface area contributed by atoms with Crippen LogP contribution in [0.3, 0.4) is 0 Å². The minimum absolute atomic E-state index is 0.103. The van der Waals surface area contributed by atoms with E-state index in [4.69, 9.17) is 10.5 Å². The number of amides is 1. The van der Waals surface area contributed by atoms with E-state index in [1.807, 2.05) is 11.8 Å². The van der Waals surface area contributed by atoms with Crippen LogP contribution in [-0.2, 0) is 9.53 Å². The molecule has 0 aromatic heterocycles. The van der Waals surface area contributed by atoms with Gasteiger partial charge in [-0.05, 0) is 25.7 Å². The van der Waals surface area contributed by atoms with Crippen LogP contribution in [-0.4, -0.2) is 54.9 Å². The first-order valence-corrected chi connectivity index (χ1v) is 6.27. The van der Waals surface area contributed by atoms with E-state index in [0.717, 1.165) is 25.9 Å². The second-order valence-corrected chi connectivity index (χ2v) is 4.76. The fraction of sp³-hybridized carbons (Fsp3) is 0.917. The third kappa shape index (κ3) is 4.26. The summed E-state index contributed by atoms with van der Waals surface area (Å²) in [6.45, 7) is 3.65. The summed E-state index contributed by atoms with van der Waals surface area (Å²) < 4.78 is 5.11. The van der Waals surface area contributed by atoms with Gasteiger partial charge in [0.1, 0.15) is 0 Å². The van der Waals surface area contributed by atoms with Crippen molar-refractivity contribution in [2.24, 2.45) is 11.7 Å². The van der Waals surface area contributed by atoms with Gasteiger partial charge in [0.25, 0.3) is 0 Å². The fourth-order valence-electron chi connectivity index (χ4n) is 2.22. The summed E-state index contributed by atoms with van der Waals surface area (Å²) in [6, 6.07) is 0. The van der Waals surface area contributed by atoms with Gasteiger partial charge in [0.15, 0.2) is 0 Å². The molecular weight excluding hydrogens is 220 g/mol. The molecule has 1 saturated heterocycles. The largest absolute Gasteiger partial charge is 0.393 e. The Balaban J connectivity index is 2.35. The quantitative estimate of drug-likeness (QED) is 0.712. The number of aliphatic hydroxyl groups excluding tert-OH is 1. The molecule has 3 N–H and O–H groups in total. The maximum atomic E-state index is 11.9. The molecule has 0 bridgehead atoms. The lowest BCUT2D eigenvalue weighted by atomic mass is 9.92. The number of nitrogens with zero attached hydrogens (tertiary/aromatic N) is 1. The van der Waals surface area contributed by atoms with Gasteiger partial charge < -0.3 is 20.5 Å². The Labute approximate surface area is 103 Å². The van der Waals surface area contributed by atoms with Gasteiger partial charge in [-0.2, -0.15) is 0 Å². The van der Waals surface area contributed by atoms with Gasteiger partial charge in [0.2, 0.25) is 5.91 Å². The summed E-state index contributed by atoms with van der Waals surface area (Å²) >= 11 is 0. The third-order valence-corrected chi connectivity index (χ3v) is 3.57. The zero-order valence-corrected chi connectivity index (χ0v) is 10.8. The van der Waals surface area contributed by atoms with Gasteiger partial charge in [-0.25, -0.2) is 0 Å². The van der Waals surface area contributed by atoms with Gasteiger partial charge >= 0.3 is 0 Å². The summed E-state index contributed by atoms with van der Waals surface area (Å²) in [7, 11) is 1.57. The number of nitrogens with two attached hydrogens (primary N) is 1. The molecule has 0 radical (unpaired) electrons. The number of likely N-dealkylation sites (tertiary alicyclic amines) is 1. The van der Waals surface area contributed by atoms with Crippen molar-refractivity contribution < 1.29 is 14.6 Å². The number of piperidine rings is 1. The average Bonchev–Trinajstić information content (AvgIpc) is 2.35. The maximum Gasteiger partial charge on any atom is 0.225 e. The standard InChI is InChI=1S/C12H24N2O3/c1-9(15)10-3-5-14(6-4-10)12(16)7-11(8-13)17-2/h9-11,15H,3-8,13H2,1-2H3. The molecule has 0 saturated carbocycles. The molecule has 1 aliphatic rings. The zero-order chi connectivity index (χ0) is 12.8. The van der Waals surface area contributed by atoms with Gasteiger partial charge in [-0.1, -0.05) is 0 Å². The summed E-state index contributed by atoms with van der Waals surface area (Å²) in [4.78, 5) is 13.8. The monoisotopic (exact) mass is 244 g/mol. The Morgan fingerprint density at radius 1 is 1.53 bits per heavy atom. The van der Waals surface area contributed by atoms with Crippen LogP contribution in [0.25, 0.3) is 0 Å². The molecule has 5 nitrogen and oxygen atoms in total. The van der Waals surface area contributed by atoms with Gasteiger partial charge in [0, 0.05) is 26.7 Å². The summed E-state index contributed by atoms with van der Waals surface area (Å²) in [6.07, 6.45) is 1.65. The van der Waals surface area contributed by atoms with Crippen molar-refractivity contribution in [3.05, 3.63) is 0 Å². The van der Waals surface area contributed by atoms with Crippen LogP contribution in [0.5, 0.6) is 0 Å². The van der Waals surface area contributed by atoms with Crippen LogP contribution < -0.4 is 5.73 Å². The second-order valence-electron chi connectivity index (χ2n) is 4.76. The third-order valence-electron chi connectivity index (χ3n) is 3.57. The lowest BCUT2D eigenvalue weighted by Crippen LogP contribution is -2.42. The Hall–Kier alpha value is -0.650. The highest BCUT2D eigenvalue weighted by Gasteiger charge is 2.26. The van der Waals surface area contributed by atoms with E-state index in [1.165, 1.54) is 0 Å². The Morgan fingerprint density at radius 2 is 2.12 bits per heavy atom. The Morgan fingerprint density at radius 3 is 2.53 bits per heavy atom. The van der Waals surface area contributed by atoms with Crippen molar-refractivity contribution in [1.82, 2.24) is 4.90 Å². The fourth-order valence-corrected chi connectivity index (χ4v) is 2.22. The van der Waals surface area contributed by atoms with Crippen LogP contribution in [0.1, 0.15) is 26.2 Å². The SMILES string of the molecule is COC(CN)CC(=O)N1CCC(C(C)O)CC1. The van der Waals surface area contributed by atoms with Crippen molar-refractivity contribution in [1.29, 1.82) is 0 Å². The summed E-state index contributed by atoms with van der Waals surface area (Å²) in [5.41, 5.74) is 5.49. The highest BCUT2D eigenvalue weighted by atomic mass is 16.5. The molecule has 0 spiro atoms. The average molecular weight is 244 g/mol. The molecule has 1 aliphatic heterocycles. The molecule has 0 aliphatic carbocycles. The van der Waals surface area contributed by atoms with Gasteiger partial charge in [-0.15, -0.1) is 0 Å². The van der Waals surface area contributed by atoms with Crippen molar-refractivity contribution in [2.75, 3.05) is 26.7 Å². The molecule has 1 rings (SSSR count). The van der Waals surface area contributed by atoms with Crippen LogP contribution in [0.15, 0.2) is 0 Å². The molecule has 1 fully saturated rings. The van der Waals surface area contributed by atoms with E-state index < -0.39 is 0 Å². The van der Waals surface area contributed by atoms with Crippen LogP contribution in [0.2, 0.25) is 0 Å². The Bertz CT molecular complexity index is 234. The lowest BCUT2D eigenvalue weighted by Gasteiger charge is -2.33. The summed E-state index contributed by atoms with van der Waals surface area (Å²) in [5, 5.41) is 9.48. The first-order chi connectivity index (χ1) is 8.08. The lowest BCUT2D eigenvalue weighted by molar-refractivity contribution is -0.135. The number of carbonyl (C=O) groups is 1. The molecule has 0 aromatic carbocycles. The Kier molecular flexibility index (Phi) is 5.88. The van der Waals surface area contributed by atoms with Crippen molar-refractivity contribution in [2.45, 2.75) is 38.4 Å². The molecule has 2 unspecified atom stereocenters. The van der Waals surface area contributed by atoms with E-state index in [-0.39, 0.29) is 18.1 Å². The predicted octanol–water partition coefficient (Wildman–Crippen LogP) is -0.0304. The minimum atomic E-state index is -0.275. The van der Waals surface area contributed by atoms with Crippen LogP contribution in [0.4, 0.5) is 0 Å². The van der Waals surface area contributed by atoms with Crippen molar-refractivity contribution in [3.63, 3.8) is 0 Å². The highest BCUT2D eigenvalue weighted by Crippen LogP contribution is 2.21. The first kappa shape index (κ1) is 14.4. The van der Waals surface area contributed by atoms with E-state index in [9.17, 15) is 9.90 Å². The predicted molar refractivity (Wildman–Crippen MR) is 65.5 cm³/mol. The maximum absolute atomic E-state index is 11.9. The van der Waals surface area contributed by atoms with E-state index in [0.29, 0.717) is 18.9 Å². The topological polar surface area (TPSA) is 75.8 Å². The smallest absolute Gasteiger partial charge is 0.225 e. The number of carbonyl (C=O) groups excluding carboxylic acids is 1. The number of aliphatic hydroxyl groups is 1. The second kappa shape index (κ2) is 6.93. The van der Waals surface area contributed by atoms with Gasteiger partial charge in [-0.3, -0.25) is 4.79 Å². The molecule has 1 heterocycles. The minimum Gasteiger partial charge on any atom is -0.393 e. The molecule has 17 heavy (non-hydrogen) atoms. The molecule has 2 atom stereocenters. The van der Waals surface area contributed by atoms with Gasteiger partial charge in [0.05, 0.1) is 18.6 Å². The number of hydrogen-bond donors (Lipinski definition) is 2. The van der Waals surface area contributed by atoms with E-state index >= 15 is 0 Å². The normalized spacial score (nSPS) is 21.3. The van der Waals surface area contributed by atoms with Crippen molar-refractivity contribution >= 4 is 5.91 Å². The molecule has 0 aromatic rings. The molecular formula is C12H24N2O3. The summed E-state index contributed by atoms with van der Waals surface area (Å²) in [5.74, 6) is 0.429. The number of ether oxygens (including phenoxy) is 1. The molecule has 5 heteroatoms. The van der Waals surface area contributed by atoms with Crippen LogP contribution in [0, 0.1) is 5.92 Å². The number of rotatable bonds is 5. The zero-order valence-electron chi connectivity index (χ0n) is 10.8. The molecule has 1 amide bonds. The van der Waals surface area contributed by atoms with E-state index in [1.54, 1.807) is 7.11 Å². The number of methoxy groups -OCH3 is 1. The first-order valence-electron chi connectivity index (χ1n) is 6.27. The van der Waals surface area contributed by atoms with Crippen molar-refractivity contribution in [3.8, 4) is 0 Å². The van der Waals surface area contributed by atoms with E-state index in [2.05, 4.69) is 0 Å². The number of hydrogen-bond acceptors (Lipinski definition) is 4. The highest BCUT2D eigenvalue weighted by molar-refractivity contribution is 5.76. The molecule has 100 valence electrons. The van der Waals surface area contributed by atoms with Crippen LogP contribution >= 0.6 is 0 Å².